The minimum absolute atomic E-state index is 0.0406. The van der Waals surface area contributed by atoms with Gasteiger partial charge in [0.25, 0.3) is 0 Å². The summed E-state index contributed by atoms with van der Waals surface area (Å²) in [4.78, 5) is 12.4. The number of carbonyl (C=O) groups is 1. The maximum absolute atomic E-state index is 12.6. The average molecular weight is 433 g/mol. The number of hydrogen-bond acceptors (Lipinski definition) is 5. The molecular weight excluding hydrogens is 408 g/mol. The minimum Gasteiger partial charge on any atom is -0.493 e. The molecule has 0 saturated carbocycles. The summed E-state index contributed by atoms with van der Waals surface area (Å²) in [7, 11) is 1.38. The third-order valence-corrected chi connectivity index (χ3v) is 4.68. The van der Waals surface area contributed by atoms with E-state index in [1.165, 1.54) is 13.2 Å². The Balaban J connectivity index is 1.58. The largest absolute Gasteiger partial charge is 0.493 e. The van der Waals surface area contributed by atoms with Crippen LogP contribution in [0.25, 0.3) is 5.65 Å². The summed E-state index contributed by atoms with van der Waals surface area (Å²) in [6, 6.07) is 9.73. The number of halogens is 2. The second kappa shape index (κ2) is 10.6. The second-order valence-corrected chi connectivity index (χ2v) is 6.84. The van der Waals surface area contributed by atoms with Crippen LogP contribution in [0, 0.1) is 0 Å². The van der Waals surface area contributed by atoms with E-state index >= 15 is 0 Å². The van der Waals surface area contributed by atoms with Gasteiger partial charge in [0.2, 0.25) is 0 Å². The van der Waals surface area contributed by atoms with Gasteiger partial charge >= 0.3 is 12.6 Å². The number of carbonyl (C=O) groups excluding carboxylic acids is 1. The molecule has 1 aromatic carbocycles. The molecule has 0 bridgehead atoms. The average Bonchev–Trinajstić information content (AvgIpc) is 3.17. The van der Waals surface area contributed by atoms with Crippen LogP contribution in [0.15, 0.2) is 42.6 Å². The highest BCUT2D eigenvalue weighted by atomic mass is 19.3. The van der Waals surface area contributed by atoms with Gasteiger partial charge in [-0.15, -0.1) is 10.2 Å². The molecule has 0 fully saturated rings. The molecule has 0 saturated heterocycles. The maximum atomic E-state index is 12.6. The number of benzene rings is 1. The highest BCUT2D eigenvalue weighted by molar-refractivity contribution is 5.74. The van der Waals surface area contributed by atoms with Gasteiger partial charge in [0.15, 0.2) is 23.0 Å². The molecule has 166 valence electrons. The molecule has 3 aromatic rings. The van der Waals surface area contributed by atoms with Gasteiger partial charge in [-0.1, -0.05) is 25.5 Å². The first kappa shape index (κ1) is 22.3. The third kappa shape index (κ3) is 5.80. The van der Waals surface area contributed by atoms with Crippen molar-refractivity contribution in [2.75, 3.05) is 13.7 Å². The Labute approximate surface area is 178 Å². The number of alkyl halides is 2. The summed E-state index contributed by atoms with van der Waals surface area (Å²) < 4.78 is 36.5. The van der Waals surface area contributed by atoms with Crippen molar-refractivity contribution in [2.24, 2.45) is 0 Å². The zero-order valence-corrected chi connectivity index (χ0v) is 17.3. The lowest BCUT2D eigenvalue weighted by molar-refractivity contribution is -0.0512. The molecule has 0 aliphatic heterocycles. The number of hydrogen-bond donors (Lipinski definition) is 2. The number of rotatable bonds is 10. The summed E-state index contributed by atoms with van der Waals surface area (Å²) in [5.41, 5.74) is 1.44. The standard InChI is InChI=1S/C21H25F2N5O3/c1-3-6-15(19-27-26-18-7-4-5-12-28(18)19)25-21(29)24-11-10-14-8-9-16(30-2)17(13-14)31-20(22)23/h4-5,7-9,12-13,15,20H,3,6,10-11H2,1-2H3,(H2,24,25,29). The molecule has 8 nitrogen and oxygen atoms in total. The van der Waals surface area contributed by atoms with Crippen LogP contribution in [0.2, 0.25) is 0 Å². The predicted octanol–water partition coefficient (Wildman–Crippen LogP) is 3.72. The van der Waals surface area contributed by atoms with Crippen LogP contribution in [0.3, 0.4) is 0 Å². The van der Waals surface area contributed by atoms with Gasteiger partial charge in [-0.2, -0.15) is 8.78 Å². The molecule has 1 unspecified atom stereocenters. The molecule has 3 rings (SSSR count). The lowest BCUT2D eigenvalue weighted by Gasteiger charge is -2.17. The van der Waals surface area contributed by atoms with E-state index in [0.717, 1.165) is 12.0 Å². The van der Waals surface area contributed by atoms with E-state index < -0.39 is 6.61 Å². The lowest BCUT2D eigenvalue weighted by Crippen LogP contribution is -2.39. The highest BCUT2D eigenvalue weighted by Crippen LogP contribution is 2.29. The zero-order chi connectivity index (χ0) is 22.2. The van der Waals surface area contributed by atoms with E-state index in [9.17, 15) is 13.6 Å². The first-order valence-corrected chi connectivity index (χ1v) is 9.97. The van der Waals surface area contributed by atoms with E-state index in [2.05, 4.69) is 25.6 Å². The van der Waals surface area contributed by atoms with Crippen LogP contribution < -0.4 is 20.1 Å². The van der Waals surface area contributed by atoms with Crippen LogP contribution in [-0.4, -0.2) is 40.9 Å². The first-order chi connectivity index (χ1) is 15.0. The molecule has 2 aromatic heterocycles. The number of ether oxygens (including phenoxy) is 2. The number of fused-ring (bicyclic) bond motifs is 1. The molecular formula is C21H25F2N5O3. The molecule has 0 aliphatic rings. The van der Waals surface area contributed by atoms with Gasteiger partial charge in [0.1, 0.15) is 0 Å². The number of methoxy groups -OCH3 is 1. The topological polar surface area (TPSA) is 89.8 Å². The van der Waals surface area contributed by atoms with Gasteiger partial charge in [0, 0.05) is 12.7 Å². The maximum Gasteiger partial charge on any atom is 0.387 e. The van der Waals surface area contributed by atoms with Crippen molar-refractivity contribution in [2.45, 2.75) is 38.8 Å². The van der Waals surface area contributed by atoms with E-state index in [-0.39, 0.29) is 23.6 Å². The van der Waals surface area contributed by atoms with Gasteiger partial charge in [0.05, 0.1) is 13.2 Å². The molecule has 31 heavy (non-hydrogen) atoms. The smallest absolute Gasteiger partial charge is 0.387 e. The van der Waals surface area contributed by atoms with Crippen molar-refractivity contribution >= 4 is 11.7 Å². The number of nitrogens with zero attached hydrogens (tertiary/aromatic N) is 3. The molecule has 2 heterocycles. The fraction of sp³-hybridized carbons (Fsp3) is 0.381. The van der Waals surface area contributed by atoms with Crippen molar-refractivity contribution < 1.29 is 23.0 Å². The molecule has 1 atom stereocenters. The summed E-state index contributed by atoms with van der Waals surface area (Å²) in [6.45, 7) is -0.610. The van der Waals surface area contributed by atoms with Crippen LogP contribution in [0.1, 0.15) is 37.2 Å². The van der Waals surface area contributed by atoms with Gasteiger partial charge < -0.3 is 20.1 Å². The Morgan fingerprint density at radius 1 is 1.19 bits per heavy atom. The normalized spacial score (nSPS) is 12.0. The van der Waals surface area contributed by atoms with Crippen LogP contribution >= 0.6 is 0 Å². The van der Waals surface area contributed by atoms with Gasteiger partial charge in [-0.3, -0.25) is 4.40 Å². The van der Waals surface area contributed by atoms with Gasteiger partial charge in [-0.25, -0.2) is 4.79 Å². The molecule has 0 aliphatic carbocycles. The Kier molecular flexibility index (Phi) is 7.58. The number of amides is 2. The fourth-order valence-electron chi connectivity index (χ4n) is 3.25. The summed E-state index contributed by atoms with van der Waals surface area (Å²) in [5.74, 6) is 0.843. The van der Waals surface area contributed by atoms with Crippen molar-refractivity contribution in [3.8, 4) is 11.5 Å². The van der Waals surface area contributed by atoms with E-state index in [0.29, 0.717) is 30.9 Å². The number of urea groups is 1. The summed E-state index contributed by atoms with van der Waals surface area (Å²) >= 11 is 0. The Morgan fingerprint density at radius 2 is 2.03 bits per heavy atom. The molecule has 10 heteroatoms. The predicted molar refractivity (Wildman–Crippen MR) is 111 cm³/mol. The first-order valence-electron chi connectivity index (χ1n) is 9.97. The highest BCUT2D eigenvalue weighted by Gasteiger charge is 2.19. The van der Waals surface area contributed by atoms with Gasteiger partial charge in [-0.05, 0) is 42.7 Å². The Bertz CT molecular complexity index is 1010. The van der Waals surface area contributed by atoms with E-state index in [4.69, 9.17) is 4.74 Å². The van der Waals surface area contributed by atoms with E-state index in [1.54, 1.807) is 12.1 Å². The fourth-order valence-corrected chi connectivity index (χ4v) is 3.25. The quantitative estimate of drug-likeness (QED) is 0.509. The zero-order valence-electron chi connectivity index (χ0n) is 17.3. The lowest BCUT2D eigenvalue weighted by atomic mass is 10.1. The third-order valence-electron chi connectivity index (χ3n) is 4.68. The van der Waals surface area contributed by atoms with Crippen LogP contribution in [0.5, 0.6) is 11.5 Å². The molecule has 0 spiro atoms. The molecule has 0 radical (unpaired) electrons. The molecule has 2 N–H and O–H groups in total. The number of pyridine rings is 1. The Morgan fingerprint density at radius 3 is 2.77 bits per heavy atom. The Hall–Kier alpha value is -3.43. The second-order valence-electron chi connectivity index (χ2n) is 6.84. The van der Waals surface area contributed by atoms with Crippen molar-refractivity contribution in [3.63, 3.8) is 0 Å². The van der Waals surface area contributed by atoms with Crippen molar-refractivity contribution in [3.05, 3.63) is 54.0 Å². The van der Waals surface area contributed by atoms with E-state index in [1.807, 2.05) is 35.7 Å². The number of aromatic nitrogens is 3. The minimum atomic E-state index is -2.95. The van der Waals surface area contributed by atoms with Crippen molar-refractivity contribution in [1.29, 1.82) is 0 Å². The molecule has 2 amide bonds. The SMILES string of the molecule is CCCC(NC(=O)NCCc1ccc(OC)c(OC(F)F)c1)c1nnc2ccccn12. The monoisotopic (exact) mass is 433 g/mol. The van der Waals surface area contributed by atoms with Crippen LogP contribution in [0.4, 0.5) is 13.6 Å². The number of nitrogens with one attached hydrogen (secondary N) is 2. The summed E-state index contributed by atoms with van der Waals surface area (Å²) in [6.07, 6.45) is 3.85. The van der Waals surface area contributed by atoms with Crippen LogP contribution in [-0.2, 0) is 6.42 Å². The van der Waals surface area contributed by atoms with Crippen molar-refractivity contribution in [1.82, 2.24) is 25.2 Å². The summed E-state index contributed by atoms with van der Waals surface area (Å²) in [5, 5.41) is 14.1.